The molecule has 2 saturated carbocycles. The van der Waals surface area contributed by atoms with Gasteiger partial charge in [-0.25, -0.2) is 4.98 Å². The fourth-order valence-corrected chi connectivity index (χ4v) is 3.80. The molecule has 0 spiro atoms. The monoisotopic (exact) mass is 367 g/mol. The van der Waals surface area contributed by atoms with Gasteiger partial charge in [0.1, 0.15) is 5.82 Å². The molecule has 4 nitrogen and oxygen atoms in total. The van der Waals surface area contributed by atoms with Crippen LogP contribution in [0.4, 0.5) is 0 Å². The number of rotatable bonds is 5. The third kappa shape index (κ3) is 6.30. The highest BCUT2D eigenvalue weighted by Crippen LogP contribution is 2.46. The van der Waals surface area contributed by atoms with Gasteiger partial charge in [-0.05, 0) is 37.8 Å². The molecule has 0 aromatic carbocycles. The van der Waals surface area contributed by atoms with Gasteiger partial charge in [-0.2, -0.15) is 4.98 Å². The van der Waals surface area contributed by atoms with Crippen molar-refractivity contribution in [2.24, 2.45) is 11.8 Å². The zero-order valence-electron chi connectivity index (χ0n) is 17.0. The summed E-state index contributed by atoms with van der Waals surface area (Å²) in [6, 6.07) is 6.04. The molecular formula is C23H33N3O. The Balaban J connectivity index is 0.000000221. The Bertz CT molecular complexity index is 695. The highest BCUT2D eigenvalue weighted by molar-refractivity contribution is 5.21. The average molecular weight is 368 g/mol. The van der Waals surface area contributed by atoms with Crippen molar-refractivity contribution in [1.29, 1.82) is 0 Å². The van der Waals surface area contributed by atoms with E-state index in [0.717, 1.165) is 18.2 Å². The summed E-state index contributed by atoms with van der Waals surface area (Å²) < 4.78 is 5.71. The third-order valence-electron chi connectivity index (χ3n) is 5.73. The van der Waals surface area contributed by atoms with Crippen molar-refractivity contribution in [2.75, 3.05) is 6.61 Å². The van der Waals surface area contributed by atoms with E-state index in [0.29, 0.717) is 24.3 Å². The molecule has 0 saturated heterocycles. The fourth-order valence-electron chi connectivity index (χ4n) is 3.80. The number of ether oxygens (including phenoxy) is 1. The predicted molar refractivity (Wildman–Crippen MR) is 109 cm³/mol. The van der Waals surface area contributed by atoms with E-state index in [1.165, 1.54) is 49.8 Å². The zero-order valence-corrected chi connectivity index (χ0v) is 17.0. The van der Waals surface area contributed by atoms with Crippen molar-refractivity contribution in [1.82, 2.24) is 15.0 Å². The largest absolute Gasteiger partial charge is 0.477 e. The molecule has 4 rings (SSSR count). The molecule has 2 aliphatic carbocycles. The van der Waals surface area contributed by atoms with Gasteiger partial charge < -0.3 is 4.74 Å². The van der Waals surface area contributed by atoms with Crippen LogP contribution in [0.15, 0.2) is 30.6 Å². The highest BCUT2D eigenvalue weighted by atomic mass is 16.5. The lowest BCUT2D eigenvalue weighted by Gasteiger charge is -2.18. The molecule has 2 heterocycles. The molecule has 2 fully saturated rings. The van der Waals surface area contributed by atoms with Gasteiger partial charge in [0, 0.05) is 36.0 Å². The van der Waals surface area contributed by atoms with Crippen molar-refractivity contribution in [3.05, 3.63) is 47.7 Å². The molecule has 2 aromatic heterocycles. The SMILES string of the molecule is CCC1CCCCC1.Cc1ccc([C@H]2CC2COc2ccnc(C)n2)nc1. The van der Waals surface area contributed by atoms with E-state index >= 15 is 0 Å². The molecule has 4 heteroatoms. The van der Waals surface area contributed by atoms with E-state index in [4.69, 9.17) is 4.74 Å². The van der Waals surface area contributed by atoms with E-state index in [1.807, 2.05) is 13.1 Å². The van der Waals surface area contributed by atoms with Crippen molar-refractivity contribution < 1.29 is 4.74 Å². The maximum atomic E-state index is 5.71. The Morgan fingerprint density at radius 2 is 1.85 bits per heavy atom. The van der Waals surface area contributed by atoms with Gasteiger partial charge in [0.2, 0.25) is 5.88 Å². The molecule has 1 unspecified atom stereocenters. The Morgan fingerprint density at radius 3 is 2.48 bits per heavy atom. The maximum Gasteiger partial charge on any atom is 0.216 e. The summed E-state index contributed by atoms with van der Waals surface area (Å²) in [5.74, 6) is 3.60. The number of hydrogen-bond donors (Lipinski definition) is 0. The lowest BCUT2D eigenvalue weighted by Crippen LogP contribution is -2.03. The van der Waals surface area contributed by atoms with E-state index in [1.54, 1.807) is 12.3 Å². The molecule has 2 aliphatic rings. The molecule has 2 atom stereocenters. The Hall–Kier alpha value is -1.97. The molecular weight excluding hydrogens is 334 g/mol. The van der Waals surface area contributed by atoms with Gasteiger partial charge in [0.05, 0.1) is 6.61 Å². The van der Waals surface area contributed by atoms with Gasteiger partial charge in [0.25, 0.3) is 0 Å². The summed E-state index contributed by atoms with van der Waals surface area (Å²) in [7, 11) is 0. The lowest BCUT2D eigenvalue weighted by atomic mass is 9.88. The van der Waals surface area contributed by atoms with Gasteiger partial charge in [0.15, 0.2) is 0 Å². The smallest absolute Gasteiger partial charge is 0.216 e. The minimum Gasteiger partial charge on any atom is -0.477 e. The van der Waals surface area contributed by atoms with Gasteiger partial charge >= 0.3 is 0 Å². The van der Waals surface area contributed by atoms with Crippen LogP contribution in [0.25, 0.3) is 0 Å². The lowest BCUT2D eigenvalue weighted by molar-refractivity contribution is 0.284. The molecule has 0 aliphatic heterocycles. The summed E-state index contributed by atoms with van der Waals surface area (Å²) in [6.07, 6.45) is 13.7. The van der Waals surface area contributed by atoms with Crippen molar-refractivity contribution in [3.8, 4) is 5.88 Å². The normalized spacial score (nSPS) is 21.9. The van der Waals surface area contributed by atoms with Crippen LogP contribution in [-0.2, 0) is 0 Å². The summed E-state index contributed by atoms with van der Waals surface area (Å²) in [5.41, 5.74) is 2.38. The first kappa shape index (κ1) is 19.8. The summed E-state index contributed by atoms with van der Waals surface area (Å²) in [6.45, 7) is 6.94. The molecule has 0 radical (unpaired) electrons. The van der Waals surface area contributed by atoms with Crippen molar-refractivity contribution in [2.45, 2.75) is 71.6 Å². The molecule has 0 N–H and O–H groups in total. The quantitative estimate of drug-likeness (QED) is 0.685. The summed E-state index contributed by atoms with van der Waals surface area (Å²) in [4.78, 5) is 12.8. The van der Waals surface area contributed by atoms with Crippen LogP contribution >= 0.6 is 0 Å². The first-order valence-electron chi connectivity index (χ1n) is 10.5. The Labute approximate surface area is 163 Å². The fraction of sp³-hybridized carbons (Fsp3) is 0.609. The number of hydrogen-bond acceptors (Lipinski definition) is 4. The summed E-state index contributed by atoms with van der Waals surface area (Å²) in [5, 5.41) is 0. The second-order valence-electron chi connectivity index (χ2n) is 8.03. The first-order valence-corrected chi connectivity index (χ1v) is 10.5. The maximum absolute atomic E-state index is 5.71. The van der Waals surface area contributed by atoms with Crippen LogP contribution in [0.2, 0.25) is 0 Å². The van der Waals surface area contributed by atoms with E-state index in [9.17, 15) is 0 Å². The topological polar surface area (TPSA) is 47.9 Å². The van der Waals surface area contributed by atoms with Crippen molar-refractivity contribution >= 4 is 0 Å². The summed E-state index contributed by atoms with van der Waals surface area (Å²) >= 11 is 0. The molecule has 0 bridgehead atoms. The number of aryl methyl sites for hydroxylation is 2. The number of pyridine rings is 1. The van der Waals surface area contributed by atoms with Gasteiger partial charge in [-0.1, -0.05) is 51.5 Å². The zero-order chi connectivity index (χ0) is 19.1. The van der Waals surface area contributed by atoms with Crippen molar-refractivity contribution in [3.63, 3.8) is 0 Å². The molecule has 146 valence electrons. The second-order valence-corrected chi connectivity index (χ2v) is 8.03. The molecule has 0 amide bonds. The van der Waals surface area contributed by atoms with Crippen LogP contribution in [0.5, 0.6) is 5.88 Å². The van der Waals surface area contributed by atoms with Gasteiger partial charge in [-0.15, -0.1) is 0 Å². The second kappa shape index (κ2) is 9.82. The van der Waals surface area contributed by atoms with E-state index in [2.05, 4.69) is 40.9 Å². The van der Waals surface area contributed by atoms with Crippen LogP contribution in [0, 0.1) is 25.7 Å². The Morgan fingerprint density at radius 1 is 1.04 bits per heavy atom. The third-order valence-corrected chi connectivity index (χ3v) is 5.73. The number of nitrogens with zero attached hydrogens (tertiary/aromatic N) is 3. The Kier molecular flexibility index (Phi) is 7.19. The van der Waals surface area contributed by atoms with E-state index < -0.39 is 0 Å². The van der Waals surface area contributed by atoms with Crippen LogP contribution < -0.4 is 4.74 Å². The first-order chi connectivity index (χ1) is 13.2. The van der Waals surface area contributed by atoms with Crippen LogP contribution in [0.3, 0.4) is 0 Å². The highest BCUT2D eigenvalue weighted by Gasteiger charge is 2.39. The predicted octanol–water partition coefficient (Wildman–Crippen LogP) is 5.65. The average Bonchev–Trinajstić information content (AvgIpc) is 3.48. The molecule has 27 heavy (non-hydrogen) atoms. The number of aromatic nitrogens is 3. The molecule has 2 aromatic rings. The van der Waals surface area contributed by atoms with E-state index in [-0.39, 0.29) is 0 Å². The standard InChI is InChI=1S/C15H17N3O.C8H16/c1-10-3-4-14(17-8-10)13-7-12(13)9-19-15-5-6-16-11(2)18-15;1-2-8-6-4-3-5-7-8/h3-6,8,12-13H,7,9H2,1-2H3;8H,2-7H2,1H3/t12?,13-;/m0./s1. The minimum absolute atomic E-state index is 0.545. The minimum atomic E-state index is 0.545. The van der Waals surface area contributed by atoms with Gasteiger partial charge in [-0.3, -0.25) is 4.98 Å². The van der Waals surface area contributed by atoms with Crippen LogP contribution in [0.1, 0.15) is 74.9 Å². The van der Waals surface area contributed by atoms with Crippen LogP contribution in [-0.4, -0.2) is 21.6 Å².